The number of carbonyl (C=O) groups is 1. The molecule has 0 aliphatic heterocycles. The van der Waals surface area contributed by atoms with Gasteiger partial charge < -0.3 is 11.1 Å². The summed E-state index contributed by atoms with van der Waals surface area (Å²) in [6.07, 6.45) is 2.47. The van der Waals surface area contributed by atoms with E-state index in [-0.39, 0.29) is 17.8 Å². The number of rotatable bonds is 4. The third kappa shape index (κ3) is 3.70. The predicted molar refractivity (Wildman–Crippen MR) is 72.7 cm³/mol. The Labute approximate surface area is 110 Å². The van der Waals surface area contributed by atoms with Crippen LogP contribution in [0.4, 0.5) is 5.82 Å². The molecule has 1 rings (SSSR count). The fourth-order valence-electron chi connectivity index (χ4n) is 1.62. The van der Waals surface area contributed by atoms with Crippen LogP contribution in [0.2, 0.25) is 0 Å². The molecule has 4 nitrogen and oxygen atoms in total. The van der Waals surface area contributed by atoms with Crippen molar-refractivity contribution in [3.8, 4) is 0 Å². The maximum absolute atomic E-state index is 12.0. The van der Waals surface area contributed by atoms with Crippen molar-refractivity contribution in [2.75, 3.05) is 5.73 Å². The minimum atomic E-state index is -0.170. The van der Waals surface area contributed by atoms with Crippen molar-refractivity contribution in [3.05, 3.63) is 22.3 Å². The first kappa shape index (κ1) is 14.0. The van der Waals surface area contributed by atoms with E-state index in [4.69, 9.17) is 5.73 Å². The average molecular weight is 300 g/mol. The zero-order valence-electron chi connectivity index (χ0n) is 10.3. The lowest BCUT2D eigenvalue weighted by molar-refractivity contribution is 0.0925. The van der Waals surface area contributed by atoms with E-state index in [1.54, 1.807) is 12.3 Å². The van der Waals surface area contributed by atoms with Gasteiger partial charge in [-0.3, -0.25) is 4.79 Å². The van der Waals surface area contributed by atoms with Gasteiger partial charge in [0.1, 0.15) is 5.82 Å². The number of nitrogens with zero attached hydrogens (tertiary/aromatic N) is 1. The number of pyridine rings is 1. The maximum atomic E-state index is 12.0. The molecule has 3 N–H and O–H groups in total. The van der Waals surface area contributed by atoms with Crippen LogP contribution in [-0.2, 0) is 0 Å². The second-order valence-corrected chi connectivity index (χ2v) is 5.23. The number of nitrogen functional groups attached to an aromatic ring is 1. The van der Waals surface area contributed by atoms with E-state index in [9.17, 15) is 4.79 Å². The summed E-state index contributed by atoms with van der Waals surface area (Å²) in [4.78, 5) is 16.0. The highest BCUT2D eigenvalue weighted by atomic mass is 79.9. The number of anilines is 1. The fourth-order valence-corrected chi connectivity index (χ4v) is 1.95. The lowest BCUT2D eigenvalue weighted by atomic mass is 10.0. The first-order chi connectivity index (χ1) is 7.95. The zero-order valence-corrected chi connectivity index (χ0v) is 11.9. The molecule has 0 saturated carbocycles. The van der Waals surface area contributed by atoms with Crippen LogP contribution in [0.1, 0.15) is 37.6 Å². The van der Waals surface area contributed by atoms with Gasteiger partial charge in [0.2, 0.25) is 0 Å². The van der Waals surface area contributed by atoms with Gasteiger partial charge in [-0.2, -0.15) is 0 Å². The first-order valence-electron chi connectivity index (χ1n) is 5.67. The molecule has 0 aromatic carbocycles. The molecule has 0 aliphatic rings. The number of carbonyl (C=O) groups excluding carboxylic acids is 1. The third-order valence-electron chi connectivity index (χ3n) is 2.69. The van der Waals surface area contributed by atoms with Crippen molar-refractivity contribution in [3.63, 3.8) is 0 Å². The molecule has 5 heteroatoms. The Morgan fingerprint density at radius 1 is 1.59 bits per heavy atom. The van der Waals surface area contributed by atoms with Gasteiger partial charge in [-0.15, -0.1) is 0 Å². The zero-order chi connectivity index (χ0) is 13.0. The Hall–Kier alpha value is -1.10. The number of nitrogens with one attached hydrogen (secondary N) is 1. The number of hydrogen-bond acceptors (Lipinski definition) is 3. The quantitative estimate of drug-likeness (QED) is 0.898. The van der Waals surface area contributed by atoms with E-state index in [0.717, 1.165) is 10.9 Å². The molecule has 1 atom stereocenters. The van der Waals surface area contributed by atoms with Crippen LogP contribution in [0.5, 0.6) is 0 Å². The normalized spacial score (nSPS) is 12.5. The lowest BCUT2D eigenvalue weighted by Crippen LogP contribution is -2.38. The Bertz CT molecular complexity index is 407. The van der Waals surface area contributed by atoms with Gasteiger partial charge in [0.25, 0.3) is 5.91 Å². The highest BCUT2D eigenvalue weighted by molar-refractivity contribution is 9.10. The summed E-state index contributed by atoms with van der Waals surface area (Å²) in [7, 11) is 0. The van der Waals surface area contributed by atoms with Gasteiger partial charge in [0.15, 0.2) is 0 Å². The summed E-state index contributed by atoms with van der Waals surface area (Å²) in [5.74, 6) is 0.478. The Morgan fingerprint density at radius 3 is 2.76 bits per heavy atom. The standard InChI is InChI=1S/C12H18BrN3O/c1-4-10(7(2)3)16-12(17)9-5-8(13)6-15-11(9)14/h5-7,10H,4H2,1-3H3,(H2,14,15)(H,16,17). The smallest absolute Gasteiger partial charge is 0.255 e. The SMILES string of the molecule is CCC(NC(=O)c1cc(Br)cnc1N)C(C)C. The summed E-state index contributed by atoms with van der Waals surface area (Å²) in [6.45, 7) is 6.21. The van der Waals surface area contributed by atoms with E-state index < -0.39 is 0 Å². The molecule has 0 spiro atoms. The monoisotopic (exact) mass is 299 g/mol. The van der Waals surface area contributed by atoms with Crippen molar-refractivity contribution in [2.24, 2.45) is 5.92 Å². The Morgan fingerprint density at radius 2 is 2.24 bits per heavy atom. The van der Waals surface area contributed by atoms with Crippen LogP contribution in [0, 0.1) is 5.92 Å². The summed E-state index contributed by atoms with van der Waals surface area (Å²) >= 11 is 3.28. The van der Waals surface area contributed by atoms with Crippen molar-refractivity contribution in [1.29, 1.82) is 0 Å². The summed E-state index contributed by atoms with van der Waals surface area (Å²) in [5.41, 5.74) is 6.11. The molecular formula is C12H18BrN3O. The van der Waals surface area contributed by atoms with Gasteiger partial charge in [0.05, 0.1) is 5.56 Å². The molecule has 94 valence electrons. The molecule has 0 aliphatic carbocycles. The fraction of sp³-hybridized carbons (Fsp3) is 0.500. The highest BCUT2D eigenvalue weighted by Crippen LogP contribution is 2.16. The molecule has 0 saturated heterocycles. The molecule has 1 aromatic heterocycles. The molecule has 0 radical (unpaired) electrons. The van der Waals surface area contributed by atoms with E-state index in [0.29, 0.717) is 11.5 Å². The minimum absolute atomic E-state index is 0.154. The largest absolute Gasteiger partial charge is 0.383 e. The van der Waals surface area contributed by atoms with Gasteiger partial charge in [-0.1, -0.05) is 20.8 Å². The molecule has 0 bridgehead atoms. The minimum Gasteiger partial charge on any atom is -0.383 e. The van der Waals surface area contributed by atoms with E-state index in [1.165, 1.54) is 0 Å². The van der Waals surface area contributed by atoms with Crippen molar-refractivity contribution >= 4 is 27.7 Å². The number of hydrogen-bond donors (Lipinski definition) is 2. The summed E-state index contributed by atoms with van der Waals surface area (Å²) in [6, 6.07) is 1.84. The van der Waals surface area contributed by atoms with Crippen LogP contribution in [-0.4, -0.2) is 16.9 Å². The van der Waals surface area contributed by atoms with Gasteiger partial charge in [-0.25, -0.2) is 4.98 Å². The predicted octanol–water partition coefficient (Wildman–Crippen LogP) is 2.59. The molecular weight excluding hydrogens is 282 g/mol. The molecule has 1 heterocycles. The van der Waals surface area contributed by atoms with Crippen molar-refractivity contribution < 1.29 is 4.79 Å². The molecule has 17 heavy (non-hydrogen) atoms. The number of aromatic nitrogens is 1. The molecule has 1 amide bonds. The van der Waals surface area contributed by atoms with Gasteiger partial charge in [-0.05, 0) is 34.3 Å². The van der Waals surface area contributed by atoms with Crippen LogP contribution in [0.15, 0.2) is 16.7 Å². The average Bonchev–Trinajstić information content (AvgIpc) is 2.28. The van der Waals surface area contributed by atoms with E-state index >= 15 is 0 Å². The van der Waals surface area contributed by atoms with Crippen LogP contribution in [0.25, 0.3) is 0 Å². The second kappa shape index (κ2) is 6.00. The van der Waals surface area contributed by atoms with Gasteiger partial charge in [0, 0.05) is 16.7 Å². The number of halogens is 1. The van der Waals surface area contributed by atoms with E-state index in [2.05, 4.69) is 40.1 Å². The third-order valence-corrected chi connectivity index (χ3v) is 3.12. The number of amides is 1. The summed E-state index contributed by atoms with van der Waals surface area (Å²) in [5, 5.41) is 2.97. The molecule has 0 fully saturated rings. The van der Waals surface area contributed by atoms with E-state index in [1.807, 2.05) is 6.92 Å². The van der Waals surface area contributed by atoms with Crippen LogP contribution < -0.4 is 11.1 Å². The molecule has 1 unspecified atom stereocenters. The Balaban J connectivity index is 2.86. The van der Waals surface area contributed by atoms with Crippen molar-refractivity contribution in [1.82, 2.24) is 10.3 Å². The van der Waals surface area contributed by atoms with Crippen LogP contribution in [0.3, 0.4) is 0 Å². The van der Waals surface area contributed by atoms with Gasteiger partial charge >= 0.3 is 0 Å². The first-order valence-corrected chi connectivity index (χ1v) is 6.46. The summed E-state index contributed by atoms with van der Waals surface area (Å²) < 4.78 is 0.745. The topological polar surface area (TPSA) is 68.0 Å². The maximum Gasteiger partial charge on any atom is 0.255 e. The Kier molecular flexibility index (Phi) is 4.93. The molecule has 1 aromatic rings. The highest BCUT2D eigenvalue weighted by Gasteiger charge is 2.17. The van der Waals surface area contributed by atoms with Crippen LogP contribution >= 0.6 is 15.9 Å². The lowest BCUT2D eigenvalue weighted by Gasteiger charge is -2.21. The van der Waals surface area contributed by atoms with Crippen molar-refractivity contribution in [2.45, 2.75) is 33.2 Å². The second-order valence-electron chi connectivity index (χ2n) is 4.32. The number of nitrogens with two attached hydrogens (primary N) is 1.